The van der Waals surface area contributed by atoms with Crippen molar-refractivity contribution in [2.75, 3.05) is 19.7 Å². The molecule has 0 aliphatic carbocycles. The first-order valence-corrected chi connectivity index (χ1v) is 18.7. The van der Waals surface area contributed by atoms with Gasteiger partial charge in [-0.15, -0.1) is 0 Å². The maximum absolute atomic E-state index is 12.4. The Balaban J connectivity index is 1.81. The molecule has 0 aromatic carbocycles. The largest absolute Gasteiger partial charge is 0.490 e. The number of phosphoric ester groups is 1. The molecule has 6 atom stereocenters. The van der Waals surface area contributed by atoms with Crippen molar-refractivity contribution in [2.45, 2.75) is 75.8 Å². The Kier molecular flexibility index (Phi) is 15.9. The fourth-order valence-electron chi connectivity index (χ4n) is 4.19. The molecule has 1 fully saturated rings. The van der Waals surface area contributed by atoms with Crippen molar-refractivity contribution in [3.05, 3.63) is 32.6 Å². The van der Waals surface area contributed by atoms with Crippen LogP contribution in [0.25, 0.3) is 0 Å². The zero-order valence-corrected chi connectivity index (χ0v) is 27.8. The van der Waals surface area contributed by atoms with E-state index in [0.29, 0.717) is 32.2 Å². The minimum atomic E-state index is -5.77. The number of carboxylic acids is 1. The molecule has 11 N–H and O–H groups in total. The molecule has 1 aliphatic heterocycles. The number of aromatic nitrogens is 2. The highest BCUT2D eigenvalue weighted by atomic mass is 31.3. The summed E-state index contributed by atoms with van der Waals surface area (Å²) in [4.78, 5) is 97.5. The van der Waals surface area contributed by atoms with E-state index in [4.69, 9.17) is 25.4 Å². The zero-order chi connectivity index (χ0) is 36.3. The summed E-state index contributed by atoms with van der Waals surface area (Å²) in [5.74, 6) is -2.03. The lowest BCUT2D eigenvalue weighted by atomic mass is 10.1. The van der Waals surface area contributed by atoms with E-state index in [1.807, 2.05) is 4.98 Å². The lowest BCUT2D eigenvalue weighted by molar-refractivity contribution is -0.137. The number of nitrogens with zero attached hydrogens (tertiary/aromatic N) is 1. The van der Waals surface area contributed by atoms with Crippen LogP contribution < -0.4 is 27.6 Å². The highest BCUT2D eigenvalue weighted by Crippen LogP contribution is 2.66. The number of aliphatic hydroxyl groups excluding tert-OH is 1. The summed E-state index contributed by atoms with van der Waals surface area (Å²) < 4.78 is 52.1. The lowest BCUT2D eigenvalue weighted by Crippen LogP contribution is -2.41. The average molecular weight is 753 g/mol. The van der Waals surface area contributed by atoms with Gasteiger partial charge < -0.3 is 50.9 Å². The van der Waals surface area contributed by atoms with Gasteiger partial charge in [-0.25, -0.2) is 18.5 Å². The number of amides is 2. The van der Waals surface area contributed by atoms with Gasteiger partial charge in [0, 0.05) is 37.7 Å². The number of hydrogen-bond donors (Lipinski definition) is 10. The summed E-state index contributed by atoms with van der Waals surface area (Å²) in [7, 11) is -16.9. The summed E-state index contributed by atoms with van der Waals surface area (Å²) in [6.45, 7) is -0.370. The molecule has 1 saturated heterocycles. The second-order valence-electron chi connectivity index (χ2n) is 10.4. The quantitative estimate of drug-likeness (QED) is 0.0482. The Hall–Kier alpha value is -2.62. The molecule has 0 spiro atoms. The van der Waals surface area contributed by atoms with E-state index in [-0.39, 0.29) is 31.4 Å². The SMILES string of the molecule is N[C@@H](CCC(=O)O)C(=O)NCCCCCCNC(=O)Cc1cn([C@H]2C[C@H](O)[C@@H](COP(=O)(O)OP(=O)(O)OP(=O)(O)O)O2)c(=O)[nH]c1=O. The number of rotatable bonds is 21. The standard InChI is InChI=1S/C22H38N5O18P3/c23-14(5-6-19(30)31)21(33)25-8-4-2-1-3-7-24-17(29)9-13-11-27(22(34)26-20(13)32)18-10-15(28)16(43-18)12-42-47(38,39)45-48(40,41)44-46(35,36)37/h11,14-16,18,28H,1-10,12,23H2,(H,24,29)(H,25,33)(H,30,31)(H,38,39)(H,40,41)(H,26,32,34)(H2,35,36,37)/t14-,15-,16+,18+/m0/s1. The third kappa shape index (κ3) is 15.3. The van der Waals surface area contributed by atoms with Crippen LogP contribution in [0.15, 0.2) is 15.8 Å². The third-order valence-corrected chi connectivity index (χ3v) is 10.3. The second kappa shape index (κ2) is 18.4. The van der Waals surface area contributed by atoms with E-state index in [9.17, 15) is 52.6 Å². The average Bonchev–Trinajstić information content (AvgIpc) is 3.31. The molecule has 2 unspecified atom stereocenters. The van der Waals surface area contributed by atoms with Gasteiger partial charge >= 0.3 is 35.1 Å². The topological polar surface area (TPSA) is 366 Å². The van der Waals surface area contributed by atoms with Crippen LogP contribution in [-0.2, 0) is 52.4 Å². The van der Waals surface area contributed by atoms with Gasteiger partial charge in [-0.1, -0.05) is 12.8 Å². The van der Waals surface area contributed by atoms with Gasteiger partial charge in [0.05, 0.1) is 25.2 Å². The van der Waals surface area contributed by atoms with Crippen molar-refractivity contribution in [2.24, 2.45) is 5.73 Å². The molecular weight excluding hydrogens is 715 g/mol. The summed E-state index contributed by atoms with van der Waals surface area (Å²) >= 11 is 0. The number of carbonyl (C=O) groups is 3. The number of hydrogen-bond acceptors (Lipinski definition) is 14. The fourth-order valence-corrected chi connectivity index (χ4v) is 7.22. The van der Waals surface area contributed by atoms with Crippen molar-refractivity contribution < 1.29 is 75.7 Å². The Morgan fingerprint density at radius 3 is 2.25 bits per heavy atom. The molecule has 2 rings (SSSR count). The monoisotopic (exact) mass is 753 g/mol. The van der Waals surface area contributed by atoms with E-state index < -0.39 is 90.0 Å². The Bertz CT molecular complexity index is 1540. The molecule has 2 amide bonds. The number of phosphoric acid groups is 3. The molecule has 0 bridgehead atoms. The van der Waals surface area contributed by atoms with Crippen LogP contribution in [0, 0.1) is 0 Å². The van der Waals surface area contributed by atoms with Crippen molar-refractivity contribution in [3.63, 3.8) is 0 Å². The highest BCUT2D eigenvalue weighted by Gasteiger charge is 2.43. The van der Waals surface area contributed by atoms with Crippen LogP contribution in [0.3, 0.4) is 0 Å². The van der Waals surface area contributed by atoms with Crippen LogP contribution in [0.1, 0.15) is 56.7 Å². The number of H-pyrrole nitrogens is 1. The third-order valence-electron chi connectivity index (χ3n) is 6.46. The van der Waals surface area contributed by atoms with E-state index >= 15 is 0 Å². The molecule has 1 aromatic heterocycles. The second-order valence-corrected chi connectivity index (χ2v) is 14.8. The summed E-state index contributed by atoms with van der Waals surface area (Å²) in [5.41, 5.74) is 3.64. The molecule has 23 nitrogen and oxygen atoms in total. The molecule has 48 heavy (non-hydrogen) atoms. The number of unbranched alkanes of at least 4 members (excludes halogenated alkanes) is 3. The number of carboxylic acid groups (broad SMARTS) is 1. The van der Waals surface area contributed by atoms with Crippen LogP contribution >= 0.6 is 23.5 Å². The number of aliphatic carboxylic acids is 1. The summed E-state index contributed by atoms with van der Waals surface area (Å²) in [6, 6.07) is -0.910. The number of aliphatic hydroxyl groups is 1. The number of carbonyl (C=O) groups excluding carboxylic acids is 2. The van der Waals surface area contributed by atoms with E-state index in [1.54, 1.807) is 0 Å². The first-order valence-electron chi connectivity index (χ1n) is 14.2. The lowest BCUT2D eigenvalue weighted by Gasteiger charge is -2.19. The van der Waals surface area contributed by atoms with E-state index in [1.165, 1.54) is 0 Å². The predicted octanol–water partition coefficient (Wildman–Crippen LogP) is -1.94. The fraction of sp³-hybridized carbons (Fsp3) is 0.682. The van der Waals surface area contributed by atoms with Gasteiger partial charge in [0.15, 0.2) is 0 Å². The maximum Gasteiger partial charge on any atom is 0.490 e. The number of aromatic amines is 1. The number of nitrogens with two attached hydrogens (primary N) is 1. The summed E-state index contributed by atoms with van der Waals surface area (Å²) in [5, 5.41) is 24.2. The molecule has 1 aromatic rings. The van der Waals surface area contributed by atoms with Gasteiger partial charge in [0.25, 0.3) is 5.56 Å². The molecule has 2 heterocycles. The van der Waals surface area contributed by atoms with Gasteiger partial charge in [-0.3, -0.25) is 33.3 Å². The van der Waals surface area contributed by atoms with Gasteiger partial charge in [-0.05, 0) is 19.3 Å². The number of nitrogens with one attached hydrogen (secondary N) is 3. The van der Waals surface area contributed by atoms with Crippen molar-refractivity contribution in [1.29, 1.82) is 0 Å². The Morgan fingerprint density at radius 2 is 1.65 bits per heavy atom. The van der Waals surface area contributed by atoms with Gasteiger partial charge in [0.1, 0.15) is 12.3 Å². The molecule has 26 heteroatoms. The molecule has 1 aliphatic rings. The van der Waals surface area contributed by atoms with Crippen molar-refractivity contribution in [1.82, 2.24) is 20.2 Å². The van der Waals surface area contributed by atoms with Crippen LogP contribution in [-0.4, -0.2) is 95.1 Å². The smallest absolute Gasteiger partial charge is 0.481 e. The molecule has 0 saturated carbocycles. The van der Waals surface area contributed by atoms with E-state index in [2.05, 4.69) is 23.8 Å². The van der Waals surface area contributed by atoms with Crippen molar-refractivity contribution >= 4 is 41.3 Å². The predicted molar refractivity (Wildman–Crippen MR) is 159 cm³/mol. The minimum absolute atomic E-state index is 0.0264. The summed E-state index contributed by atoms with van der Waals surface area (Å²) in [6.07, 6.45) is -1.48. The van der Waals surface area contributed by atoms with Crippen molar-refractivity contribution in [3.8, 4) is 0 Å². The van der Waals surface area contributed by atoms with E-state index in [0.717, 1.165) is 10.8 Å². The van der Waals surface area contributed by atoms with Gasteiger partial charge in [-0.2, -0.15) is 8.62 Å². The first-order chi connectivity index (χ1) is 22.2. The molecule has 274 valence electrons. The van der Waals surface area contributed by atoms with Crippen LogP contribution in [0.5, 0.6) is 0 Å². The Morgan fingerprint density at radius 1 is 1.02 bits per heavy atom. The first kappa shape index (κ1) is 41.6. The minimum Gasteiger partial charge on any atom is -0.481 e. The maximum atomic E-state index is 12.4. The normalized spacial score (nSPS) is 21.2. The van der Waals surface area contributed by atoms with Crippen LogP contribution in [0.4, 0.5) is 0 Å². The highest BCUT2D eigenvalue weighted by molar-refractivity contribution is 7.66. The number of ether oxygens (including phenoxy) is 1. The zero-order valence-electron chi connectivity index (χ0n) is 25.1. The van der Waals surface area contributed by atoms with Crippen LogP contribution in [0.2, 0.25) is 0 Å². The molecule has 0 radical (unpaired) electrons. The van der Waals surface area contributed by atoms with Gasteiger partial charge in [0.2, 0.25) is 11.8 Å². The Labute approximate surface area is 271 Å². The molecular formula is C22H38N5O18P3.